The lowest BCUT2D eigenvalue weighted by atomic mass is 10.0. The Balaban J connectivity index is 1.57. The summed E-state index contributed by atoms with van der Waals surface area (Å²) in [6.45, 7) is 1.66. The Morgan fingerprint density at radius 2 is 1.47 bits per heavy atom. The van der Waals surface area contributed by atoms with Gasteiger partial charge in [-0.25, -0.2) is 0 Å². The highest BCUT2D eigenvalue weighted by Gasteiger charge is 2.21. The van der Waals surface area contributed by atoms with E-state index in [0.29, 0.717) is 23.4 Å². The van der Waals surface area contributed by atoms with Crippen molar-refractivity contribution in [1.82, 2.24) is 5.32 Å². The zero-order valence-electron chi connectivity index (χ0n) is 17.9. The SMILES string of the molecule is CC(=O)c1ccc(OCCC(=O)NC(Cc2ccccc2)C(=O)Nc2ccccc2)cc1. The first-order chi connectivity index (χ1) is 15.5. The van der Waals surface area contributed by atoms with Crippen molar-refractivity contribution >= 4 is 23.3 Å². The van der Waals surface area contributed by atoms with E-state index in [1.165, 1.54) is 6.92 Å². The molecule has 1 atom stereocenters. The molecule has 2 N–H and O–H groups in total. The molecular weight excluding hydrogens is 404 g/mol. The molecule has 3 aromatic rings. The van der Waals surface area contributed by atoms with Crippen LogP contribution < -0.4 is 15.4 Å². The Morgan fingerprint density at radius 1 is 0.844 bits per heavy atom. The standard InChI is InChI=1S/C26H26N2O4/c1-19(29)21-12-14-23(15-13-21)32-17-16-25(30)28-24(18-20-8-4-2-5-9-20)26(31)27-22-10-6-3-7-11-22/h2-15,24H,16-18H2,1H3,(H,27,31)(H,28,30). The molecule has 0 saturated carbocycles. The second-order valence-electron chi connectivity index (χ2n) is 7.34. The second kappa shape index (κ2) is 11.5. The van der Waals surface area contributed by atoms with Gasteiger partial charge in [-0.05, 0) is 48.9 Å². The highest BCUT2D eigenvalue weighted by atomic mass is 16.5. The fraction of sp³-hybridized carbons (Fsp3) is 0.192. The van der Waals surface area contributed by atoms with Crippen LogP contribution in [0.2, 0.25) is 0 Å². The number of amides is 2. The average Bonchev–Trinajstić information content (AvgIpc) is 2.80. The molecule has 0 spiro atoms. The van der Waals surface area contributed by atoms with Crippen molar-refractivity contribution in [2.45, 2.75) is 25.8 Å². The topological polar surface area (TPSA) is 84.5 Å². The minimum absolute atomic E-state index is 0.0193. The lowest BCUT2D eigenvalue weighted by Crippen LogP contribution is -2.45. The van der Waals surface area contributed by atoms with E-state index >= 15 is 0 Å². The highest BCUT2D eigenvalue weighted by Crippen LogP contribution is 2.13. The van der Waals surface area contributed by atoms with Crippen LogP contribution in [-0.2, 0) is 16.0 Å². The summed E-state index contributed by atoms with van der Waals surface area (Å²) in [6, 6.07) is 24.7. The van der Waals surface area contributed by atoms with E-state index in [4.69, 9.17) is 4.74 Å². The van der Waals surface area contributed by atoms with Crippen molar-refractivity contribution < 1.29 is 19.1 Å². The van der Waals surface area contributed by atoms with Gasteiger partial charge in [0.1, 0.15) is 11.8 Å². The van der Waals surface area contributed by atoms with E-state index < -0.39 is 6.04 Å². The average molecular weight is 431 g/mol. The third-order valence-electron chi connectivity index (χ3n) is 4.83. The number of para-hydroxylation sites is 1. The van der Waals surface area contributed by atoms with E-state index in [0.717, 1.165) is 5.56 Å². The summed E-state index contributed by atoms with van der Waals surface area (Å²) >= 11 is 0. The van der Waals surface area contributed by atoms with Gasteiger partial charge in [-0.2, -0.15) is 0 Å². The molecule has 3 aromatic carbocycles. The van der Waals surface area contributed by atoms with Crippen LogP contribution in [-0.4, -0.2) is 30.2 Å². The number of carbonyl (C=O) groups is 3. The van der Waals surface area contributed by atoms with E-state index in [2.05, 4.69) is 10.6 Å². The second-order valence-corrected chi connectivity index (χ2v) is 7.34. The molecule has 0 saturated heterocycles. The maximum absolute atomic E-state index is 12.9. The fourth-order valence-corrected chi connectivity index (χ4v) is 3.12. The van der Waals surface area contributed by atoms with Crippen LogP contribution in [0.3, 0.4) is 0 Å². The lowest BCUT2D eigenvalue weighted by molar-refractivity contribution is -0.126. The molecule has 0 heterocycles. The molecule has 2 amide bonds. The Labute approximate surface area is 187 Å². The molecule has 32 heavy (non-hydrogen) atoms. The number of ether oxygens (including phenoxy) is 1. The molecule has 3 rings (SSSR count). The van der Waals surface area contributed by atoms with Gasteiger partial charge in [0.05, 0.1) is 13.0 Å². The first-order valence-corrected chi connectivity index (χ1v) is 10.4. The van der Waals surface area contributed by atoms with Crippen LogP contribution >= 0.6 is 0 Å². The first-order valence-electron chi connectivity index (χ1n) is 10.4. The largest absolute Gasteiger partial charge is 0.493 e. The van der Waals surface area contributed by atoms with Gasteiger partial charge < -0.3 is 15.4 Å². The highest BCUT2D eigenvalue weighted by molar-refractivity contribution is 5.97. The smallest absolute Gasteiger partial charge is 0.247 e. The Kier molecular flexibility index (Phi) is 8.15. The van der Waals surface area contributed by atoms with Gasteiger partial charge in [0.25, 0.3) is 0 Å². The molecule has 164 valence electrons. The van der Waals surface area contributed by atoms with Gasteiger partial charge in [-0.15, -0.1) is 0 Å². The van der Waals surface area contributed by atoms with Crippen LogP contribution in [0.4, 0.5) is 5.69 Å². The van der Waals surface area contributed by atoms with Crippen molar-refractivity contribution in [3.63, 3.8) is 0 Å². The van der Waals surface area contributed by atoms with Crippen molar-refractivity contribution in [2.24, 2.45) is 0 Å². The molecule has 0 aliphatic carbocycles. The van der Waals surface area contributed by atoms with Crippen LogP contribution in [0.15, 0.2) is 84.9 Å². The van der Waals surface area contributed by atoms with Gasteiger partial charge in [0.15, 0.2) is 5.78 Å². The van der Waals surface area contributed by atoms with Gasteiger partial charge >= 0.3 is 0 Å². The number of carbonyl (C=O) groups excluding carboxylic acids is 3. The van der Waals surface area contributed by atoms with Gasteiger partial charge in [0, 0.05) is 17.7 Å². The molecule has 0 fully saturated rings. The number of ketones is 1. The summed E-state index contributed by atoms with van der Waals surface area (Å²) in [7, 11) is 0. The van der Waals surface area contributed by atoms with Crippen molar-refractivity contribution in [3.05, 3.63) is 96.1 Å². The van der Waals surface area contributed by atoms with Crippen LogP contribution in [0.5, 0.6) is 5.75 Å². The molecule has 0 radical (unpaired) electrons. The fourth-order valence-electron chi connectivity index (χ4n) is 3.12. The van der Waals surface area contributed by atoms with E-state index in [9.17, 15) is 14.4 Å². The minimum atomic E-state index is -0.722. The number of benzene rings is 3. The molecule has 1 unspecified atom stereocenters. The summed E-state index contributed by atoms with van der Waals surface area (Å²) < 4.78 is 5.59. The third-order valence-corrected chi connectivity index (χ3v) is 4.83. The van der Waals surface area contributed by atoms with Crippen molar-refractivity contribution in [1.29, 1.82) is 0 Å². The Bertz CT molecular complexity index is 1030. The van der Waals surface area contributed by atoms with Crippen LogP contribution in [0.1, 0.15) is 29.3 Å². The van der Waals surface area contributed by atoms with Gasteiger partial charge in [-0.3, -0.25) is 14.4 Å². The summed E-state index contributed by atoms with van der Waals surface area (Å²) in [4.78, 5) is 36.7. The zero-order chi connectivity index (χ0) is 22.8. The third kappa shape index (κ3) is 7.09. The molecule has 0 bridgehead atoms. The Morgan fingerprint density at radius 3 is 2.09 bits per heavy atom. The lowest BCUT2D eigenvalue weighted by Gasteiger charge is -2.19. The summed E-state index contributed by atoms with van der Waals surface area (Å²) in [6.07, 6.45) is 0.469. The Hall–Kier alpha value is -3.93. The van der Waals surface area contributed by atoms with E-state index in [-0.39, 0.29) is 30.6 Å². The molecule has 0 aliphatic heterocycles. The van der Waals surface area contributed by atoms with Crippen molar-refractivity contribution in [2.75, 3.05) is 11.9 Å². The minimum Gasteiger partial charge on any atom is -0.493 e. The van der Waals surface area contributed by atoms with Gasteiger partial charge in [0.2, 0.25) is 11.8 Å². The maximum atomic E-state index is 12.9. The van der Waals surface area contributed by atoms with Crippen LogP contribution in [0, 0.1) is 0 Å². The van der Waals surface area contributed by atoms with E-state index in [1.54, 1.807) is 36.4 Å². The van der Waals surface area contributed by atoms with Crippen LogP contribution in [0.25, 0.3) is 0 Å². The summed E-state index contributed by atoms with van der Waals surface area (Å²) in [5.74, 6) is -0.0109. The monoisotopic (exact) mass is 430 g/mol. The van der Waals surface area contributed by atoms with Gasteiger partial charge in [-0.1, -0.05) is 48.5 Å². The predicted octanol–water partition coefficient (Wildman–Crippen LogP) is 4.02. The normalized spacial score (nSPS) is 11.3. The molecule has 6 heteroatoms. The van der Waals surface area contributed by atoms with Crippen molar-refractivity contribution in [3.8, 4) is 5.75 Å². The molecule has 0 aliphatic rings. The summed E-state index contributed by atoms with van der Waals surface area (Å²) in [5.41, 5.74) is 2.22. The predicted molar refractivity (Wildman–Crippen MR) is 124 cm³/mol. The molecular formula is C26H26N2O4. The number of rotatable bonds is 10. The van der Waals surface area contributed by atoms with E-state index in [1.807, 2.05) is 48.5 Å². The number of Topliss-reactive ketones (excluding diaryl/α,β-unsaturated/α-hetero) is 1. The molecule has 6 nitrogen and oxygen atoms in total. The maximum Gasteiger partial charge on any atom is 0.247 e. The first kappa shape index (κ1) is 22.7. The summed E-state index contributed by atoms with van der Waals surface area (Å²) in [5, 5.41) is 5.67. The number of hydrogen-bond acceptors (Lipinski definition) is 4. The zero-order valence-corrected chi connectivity index (χ0v) is 17.9. The number of anilines is 1. The number of hydrogen-bond donors (Lipinski definition) is 2. The quantitative estimate of drug-likeness (QED) is 0.476. The molecule has 0 aromatic heterocycles. The number of nitrogens with one attached hydrogen (secondary N) is 2.